The number of carbonyl (C=O) groups excluding carboxylic acids is 1. The van der Waals surface area contributed by atoms with Crippen LogP contribution in [0.5, 0.6) is 0 Å². The van der Waals surface area contributed by atoms with E-state index in [0.29, 0.717) is 18.4 Å². The smallest absolute Gasteiger partial charge is 0.335 e. The van der Waals surface area contributed by atoms with Gasteiger partial charge in [-0.15, -0.1) is 0 Å². The third-order valence-corrected chi connectivity index (χ3v) is 9.00. The molecule has 7 nitrogen and oxygen atoms in total. The van der Waals surface area contributed by atoms with Crippen molar-refractivity contribution < 1.29 is 19.4 Å². The highest BCUT2D eigenvalue weighted by Crippen LogP contribution is 2.44. The zero-order valence-electron chi connectivity index (χ0n) is 24.6. The minimum Gasteiger partial charge on any atom is -0.478 e. The van der Waals surface area contributed by atoms with Crippen LogP contribution in [0, 0.1) is 16.7 Å². The van der Waals surface area contributed by atoms with Gasteiger partial charge in [0.15, 0.2) is 5.84 Å². The van der Waals surface area contributed by atoms with Gasteiger partial charge in [-0.3, -0.25) is 4.79 Å². The van der Waals surface area contributed by atoms with Crippen molar-refractivity contribution in [2.45, 2.75) is 111 Å². The van der Waals surface area contributed by atoms with Gasteiger partial charge in [-0.1, -0.05) is 60.6 Å². The van der Waals surface area contributed by atoms with Gasteiger partial charge < -0.3 is 19.6 Å². The minimum atomic E-state index is -0.946. The van der Waals surface area contributed by atoms with Gasteiger partial charge >= 0.3 is 5.97 Å². The van der Waals surface area contributed by atoms with E-state index in [1.807, 2.05) is 17.0 Å². The Bertz CT molecular complexity index is 1070. The van der Waals surface area contributed by atoms with Crippen LogP contribution in [0.4, 0.5) is 0 Å². The van der Waals surface area contributed by atoms with E-state index in [0.717, 1.165) is 44.2 Å². The molecule has 5 atom stereocenters. The molecule has 1 N–H and O–H groups in total. The Kier molecular flexibility index (Phi) is 7.74. The number of carbonyl (C=O) groups is 2. The molecule has 0 spiro atoms. The molecule has 1 amide bonds. The number of carboxylic acids is 1. The molecule has 3 heterocycles. The highest BCUT2D eigenvalue weighted by Gasteiger charge is 2.52. The minimum absolute atomic E-state index is 0.00955. The average Bonchev–Trinajstić information content (AvgIpc) is 3.52. The Labute approximate surface area is 228 Å². The molecule has 1 aromatic rings. The summed E-state index contributed by atoms with van der Waals surface area (Å²) in [5.74, 6) is 0.0897. The average molecular weight is 526 g/mol. The van der Waals surface area contributed by atoms with Crippen LogP contribution in [0.25, 0.3) is 0 Å². The summed E-state index contributed by atoms with van der Waals surface area (Å²) in [6.45, 7) is 19.2. The molecule has 2 unspecified atom stereocenters. The first kappa shape index (κ1) is 28.6. The van der Waals surface area contributed by atoms with Crippen LogP contribution in [0.1, 0.15) is 109 Å². The number of carboxylic acid groups (broad SMARTS) is 1. The SMILES string of the molecule is CC(CCC1(C)N=C(N2C[C@H]3C[C@@H]2CO3)C(=O)N1[C@H](CCC(C)(C)C)c1ccc(C(=O)O)cc1)C(C)(C)C. The number of rotatable bonds is 8. The van der Waals surface area contributed by atoms with E-state index in [9.17, 15) is 14.7 Å². The molecular weight excluding hydrogens is 478 g/mol. The van der Waals surface area contributed by atoms with E-state index in [4.69, 9.17) is 9.73 Å². The maximum atomic E-state index is 14.4. The first-order valence-electron chi connectivity index (χ1n) is 14.2. The maximum Gasteiger partial charge on any atom is 0.335 e. The molecule has 4 rings (SSSR count). The largest absolute Gasteiger partial charge is 0.478 e. The monoisotopic (exact) mass is 525 g/mol. The lowest BCUT2D eigenvalue weighted by molar-refractivity contribution is -0.132. The van der Waals surface area contributed by atoms with E-state index in [-0.39, 0.29) is 40.5 Å². The van der Waals surface area contributed by atoms with Crippen molar-refractivity contribution in [3.63, 3.8) is 0 Å². The summed E-state index contributed by atoms with van der Waals surface area (Å²) < 4.78 is 5.83. The molecule has 0 aliphatic carbocycles. The first-order valence-corrected chi connectivity index (χ1v) is 14.2. The lowest BCUT2D eigenvalue weighted by Gasteiger charge is -2.41. The second kappa shape index (κ2) is 10.3. The number of aromatic carboxylic acids is 1. The summed E-state index contributed by atoms with van der Waals surface area (Å²) >= 11 is 0. The molecule has 38 heavy (non-hydrogen) atoms. The van der Waals surface area contributed by atoms with Gasteiger partial charge in [0.1, 0.15) is 5.66 Å². The van der Waals surface area contributed by atoms with Crippen LogP contribution >= 0.6 is 0 Å². The number of amidine groups is 1. The van der Waals surface area contributed by atoms with Crippen LogP contribution in [-0.4, -0.2) is 63.6 Å². The number of morpholine rings is 1. The standard InChI is InChI=1S/C31H47N3O4/c1-20(30(5,6)7)13-16-31(8)32-26(33-18-24-17-23(33)19-38-24)27(35)34(31)25(14-15-29(2,3)4)21-9-11-22(12-10-21)28(36)37/h9-12,20,23-25H,13-19H2,1-8H3,(H,36,37)/t20?,23-,24-,25-,31?/m1/s1. The van der Waals surface area contributed by atoms with E-state index >= 15 is 0 Å². The zero-order chi connectivity index (χ0) is 28.0. The van der Waals surface area contributed by atoms with E-state index in [2.05, 4.69) is 60.3 Å². The third-order valence-electron chi connectivity index (χ3n) is 9.00. The third kappa shape index (κ3) is 5.93. The Morgan fingerprint density at radius 3 is 2.32 bits per heavy atom. The highest BCUT2D eigenvalue weighted by molar-refractivity contribution is 6.39. The molecule has 2 bridgehead atoms. The van der Waals surface area contributed by atoms with Gasteiger partial charge in [-0.2, -0.15) is 0 Å². The van der Waals surface area contributed by atoms with Gasteiger partial charge in [-0.05, 0) is 73.5 Å². The molecule has 7 heteroatoms. The number of likely N-dealkylation sites (tertiary alicyclic amines) is 1. The molecule has 3 aliphatic rings. The summed E-state index contributed by atoms with van der Waals surface area (Å²) in [5, 5.41) is 9.46. The molecule has 3 aliphatic heterocycles. The second-order valence-corrected chi connectivity index (χ2v) is 14.2. The molecule has 0 aromatic heterocycles. The van der Waals surface area contributed by atoms with Crippen LogP contribution < -0.4 is 0 Å². The van der Waals surface area contributed by atoms with Crippen LogP contribution in [-0.2, 0) is 9.53 Å². The number of amides is 1. The Balaban J connectivity index is 1.72. The van der Waals surface area contributed by atoms with Crippen LogP contribution in [0.3, 0.4) is 0 Å². The number of aliphatic imine (C=N–C) groups is 1. The number of ether oxygens (including phenoxy) is 1. The van der Waals surface area contributed by atoms with Gasteiger partial charge in [0.05, 0.1) is 30.4 Å². The van der Waals surface area contributed by atoms with Crippen molar-refractivity contribution >= 4 is 17.7 Å². The summed E-state index contributed by atoms with van der Waals surface area (Å²) in [5.41, 5.74) is 0.796. The van der Waals surface area contributed by atoms with E-state index < -0.39 is 11.6 Å². The first-order chi connectivity index (χ1) is 17.6. The lowest BCUT2D eigenvalue weighted by atomic mass is 9.78. The lowest BCUT2D eigenvalue weighted by Crippen LogP contribution is -2.50. The summed E-state index contributed by atoms with van der Waals surface area (Å²) in [7, 11) is 0. The molecule has 2 fully saturated rings. The number of nitrogens with zero attached hydrogens (tertiary/aromatic N) is 3. The van der Waals surface area contributed by atoms with Crippen molar-refractivity contribution in [2.75, 3.05) is 13.2 Å². The quantitative estimate of drug-likeness (QED) is 0.441. The number of benzene rings is 1. The maximum absolute atomic E-state index is 14.4. The van der Waals surface area contributed by atoms with Gasteiger partial charge in [0.2, 0.25) is 0 Å². The Morgan fingerprint density at radius 1 is 1.16 bits per heavy atom. The number of hydrogen-bond donors (Lipinski definition) is 1. The molecule has 0 radical (unpaired) electrons. The predicted molar refractivity (Wildman–Crippen MR) is 150 cm³/mol. The van der Waals surface area contributed by atoms with Gasteiger partial charge in [0.25, 0.3) is 5.91 Å². The highest BCUT2D eigenvalue weighted by atomic mass is 16.5. The molecule has 210 valence electrons. The fourth-order valence-corrected chi connectivity index (χ4v) is 5.94. The predicted octanol–water partition coefficient (Wildman–Crippen LogP) is 6.14. The fraction of sp³-hybridized carbons (Fsp3) is 0.710. The zero-order valence-corrected chi connectivity index (χ0v) is 24.6. The van der Waals surface area contributed by atoms with Crippen molar-refractivity contribution in [1.82, 2.24) is 9.80 Å². The van der Waals surface area contributed by atoms with Crippen LogP contribution in [0.2, 0.25) is 0 Å². The number of hydrogen-bond acceptors (Lipinski definition) is 5. The Hall–Kier alpha value is -2.41. The summed E-state index contributed by atoms with van der Waals surface area (Å²) in [4.78, 5) is 35.4. The Morgan fingerprint density at radius 2 is 1.82 bits per heavy atom. The van der Waals surface area contributed by atoms with Crippen molar-refractivity contribution in [1.29, 1.82) is 0 Å². The summed E-state index contributed by atoms with van der Waals surface area (Å²) in [6, 6.07) is 7.08. The second-order valence-electron chi connectivity index (χ2n) is 14.2. The van der Waals surface area contributed by atoms with Crippen molar-refractivity contribution in [3.8, 4) is 0 Å². The van der Waals surface area contributed by atoms with E-state index in [1.54, 1.807) is 12.1 Å². The van der Waals surface area contributed by atoms with Gasteiger partial charge in [0, 0.05) is 6.54 Å². The van der Waals surface area contributed by atoms with Crippen LogP contribution in [0.15, 0.2) is 29.3 Å². The topological polar surface area (TPSA) is 82.4 Å². The summed E-state index contributed by atoms with van der Waals surface area (Å²) in [6.07, 6.45) is 4.57. The molecular formula is C31H47N3O4. The molecule has 2 saturated heterocycles. The van der Waals surface area contributed by atoms with Gasteiger partial charge in [-0.25, -0.2) is 9.79 Å². The molecule has 0 saturated carbocycles. The fourth-order valence-electron chi connectivity index (χ4n) is 5.94. The van der Waals surface area contributed by atoms with Crippen molar-refractivity contribution in [2.24, 2.45) is 21.7 Å². The van der Waals surface area contributed by atoms with E-state index in [1.165, 1.54) is 0 Å². The number of fused-ring (bicyclic) bond motifs is 2. The normalized spacial score (nSPS) is 27.2. The van der Waals surface area contributed by atoms with Crippen molar-refractivity contribution in [3.05, 3.63) is 35.4 Å². The molecule has 1 aromatic carbocycles.